The third-order valence-electron chi connectivity index (χ3n) is 6.72. The van der Waals surface area contributed by atoms with Gasteiger partial charge in [-0.3, -0.25) is 0 Å². The highest BCUT2D eigenvalue weighted by Gasteiger charge is 2.52. The molecule has 1 aliphatic heterocycles. The van der Waals surface area contributed by atoms with E-state index in [2.05, 4.69) is 30.2 Å². The molecule has 4 atom stereocenters. The second-order valence-electron chi connectivity index (χ2n) is 8.74. The molecule has 0 spiro atoms. The van der Waals surface area contributed by atoms with Gasteiger partial charge in [-0.15, -0.1) is 0 Å². The molecule has 3 aromatic heterocycles. The van der Waals surface area contributed by atoms with Crippen molar-refractivity contribution in [1.82, 2.24) is 24.9 Å². The number of benzene rings is 1. The molecule has 1 aliphatic carbocycles. The Bertz CT molecular complexity index is 1420. The van der Waals surface area contributed by atoms with Crippen LogP contribution in [0.15, 0.2) is 18.5 Å². The average Bonchev–Trinajstić information content (AvgIpc) is 3.19. The van der Waals surface area contributed by atoms with Crippen LogP contribution in [0.25, 0.3) is 21.9 Å². The number of halogens is 2. The quantitative estimate of drug-likeness (QED) is 0.348. The third-order valence-corrected chi connectivity index (χ3v) is 6.72. The molecular weight excluding hydrogens is 446 g/mol. The minimum absolute atomic E-state index is 0.00131. The number of fused-ring (bicyclic) bond motifs is 4. The number of nitrogens with zero attached hydrogens (tertiary/aromatic N) is 5. The molecule has 6 rings (SSSR count). The number of piperidine rings is 1. The fourth-order valence-electron chi connectivity index (χ4n) is 4.81. The van der Waals surface area contributed by atoms with Gasteiger partial charge >= 0.3 is 6.01 Å². The van der Waals surface area contributed by atoms with Crippen LogP contribution >= 0.6 is 0 Å². The van der Waals surface area contributed by atoms with Crippen LogP contribution in [-0.4, -0.2) is 55.7 Å². The molecule has 10 nitrogen and oxygen atoms in total. The van der Waals surface area contributed by atoms with Crippen molar-refractivity contribution in [2.24, 2.45) is 11.7 Å². The Hall–Kier alpha value is -3.64. The number of hydrogen-bond donors (Lipinski definition) is 4. The summed E-state index contributed by atoms with van der Waals surface area (Å²) in [5, 5.41) is 13.0. The first-order valence-corrected chi connectivity index (χ1v) is 10.9. The summed E-state index contributed by atoms with van der Waals surface area (Å²) in [6, 6.07) is 1.41. The number of nitrogens with two attached hydrogens (primary N) is 1. The van der Waals surface area contributed by atoms with E-state index < -0.39 is 17.7 Å². The lowest BCUT2D eigenvalue weighted by Crippen LogP contribution is -2.71. The minimum atomic E-state index is -0.969. The van der Waals surface area contributed by atoms with Gasteiger partial charge in [-0.05, 0) is 13.3 Å². The standard InChI is InChI=1S/C22H22F2N8O2/c1-8(33)19-27-5-9(6-28-19)34-22-30-20-16(21(31-22)32-7-10-12(25)4-14(10)32)15-17(24)11(23)3-13(26-2)18(15)29-20/h3,5-6,8,10,12,14,26,33H,4,7,25H2,1-2H3,(H,29,30,31)/t8-,10-,12-,14?/m1/s1. The van der Waals surface area contributed by atoms with Crippen molar-refractivity contribution in [3.63, 3.8) is 0 Å². The molecule has 0 bridgehead atoms. The second-order valence-corrected chi connectivity index (χ2v) is 8.74. The summed E-state index contributed by atoms with van der Waals surface area (Å²) >= 11 is 0. The molecule has 4 aromatic rings. The van der Waals surface area contributed by atoms with E-state index in [9.17, 15) is 9.50 Å². The number of aliphatic hydroxyl groups excluding tert-OH is 1. The van der Waals surface area contributed by atoms with Gasteiger partial charge in [0.2, 0.25) is 0 Å². The number of hydrogen-bond acceptors (Lipinski definition) is 9. The zero-order chi connectivity index (χ0) is 23.7. The fraction of sp³-hybridized carbons (Fsp3) is 0.364. The van der Waals surface area contributed by atoms with Crippen LogP contribution in [0.4, 0.5) is 20.3 Å². The van der Waals surface area contributed by atoms with E-state index in [0.717, 1.165) is 12.5 Å². The Kier molecular flexibility index (Phi) is 4.58. The summed E-state index contributed by atoms with van der Waals surface area (Å²) in [5.41, 5.74) is 7.19. The first-order chi connectivity index (χ1) is 16.4. The van der Waals surface area contributed by atoms with Gasteiger partial charge in [-0.1, -0.05) is 0 Å². The molecule has 176 valence electrons. The van der Waals surface area contributed by atoms with Crippen molar-refractivity contribution >= 4 is 33.4 Å². The first kappa shape index (κ1) is 20.9. The number of ether oxygens (including phenoxy) is 1. The predicted molar refractivity (Wildman–Crippen MR) is 121 cm³/mol. The van der Waals surface area contributed by atoms with E-state index in [4.69, 9.17) is 10.5 Å². The Morgan fingerprint density at radius 1 is 1.26 bits per heavy atom. The highest BCUT2D eigenvalue weighted by Crippen LogP contribution is 2.47. The molecule has 1 unspecified atom stereocenters. The van der Waals surface area contributed by atoms with Gasteiger partial charge in [0.15, 0.2) is 23.2 Å². The normalized spacial score (nSPS) is 22.3. The molecule has 1 saturated heterocycles. The summed E-state index contributed by atoms with van der Waals surface area (Å²) in [6.45, 7) is 2.22. The summed E-state index contributed by atoms with van der Waals surface area (Å²) in [4.78, 5) is 22.3. The Balaban J connectivity index is 1.51. The number of aromatic amines is 1. The molecule has 0 radical (unpaired) electrons. The van der Waals surface area contributed by atoms with Crippen LogP contribution in [0, 0.1) is 17.6 Å². The Labute approximate surface area is 192 Å². The second kappa shape index (κ2) is 7.43. The van der Waals surface area contributed by atoms with Gasteiger partial charge < -0.3 is 30.8 Å². The van der Waals surface area contributed by atoms with Crippen LogP contribution in [0.5, 0.6) is 11.8 Å². The molecule has 5 N–H and O–H groups in total. The number of anilines is 2. The van der Waals surface area contributed by atoms with Crippen LogP contribution in [0.2, 0.25) is 0 Å². The Morgan fingerprint density at radius 3 is 2.65 bits per heavy atom. The topological polar surface area (TPSA) is 138 Å². The maximum absolute atomic E-state index is 15.1. The molecule has 0 amide bonds. The predicted octanol–water partition coefficient (Wildman–Crippen LogP) is 2.60. The average molecular weight is 468 g/mol. The lowest BCUT2D eigenvalue weighted by molar-refractivity contribution is 0.121. The number of nitrogens with one attached hydrogen (secondary N) is 2. The van der Waals surface area contributed by atoms with Crippen molar-refractivity contribution < 1.29 is 18.6 Å². The maximum atomic E-state index is 15.1. The highest BCUT2D eigenvalue weighted by molar-refractivity contribution is 6.15. The van der Waals surface area contributed by atoms with Gasteiger partial charge in [-0.25, -0.2) is 18.7 Å². The summed E-state index contributed by atoms with van der Waals surface area (Å²) in [5.74, 6) is -0.617. The largest absolute Gasteiger partial charge is 0.421 e. The fourth-order valence-corrected chi connectivity index (χ4v) is 4.81. The number of aliphatic hydroxyl groups is 1. The highest BCUT2D eigenvalue weighted by atomic mass is 19.2. The summed E-state index contributed by atoms with van der Waals surface area (Å²) in [6.07, 6.45) is 2.80. The van der Waals surface area contributed by atoms with Crippen LogP contribution in [0.3, 0.4) is 0 Å². The number of H-pyrrole nitrogens is 1. The molecule has 1 saturated carbocycles. The summed E-state index contributed by atoms with van der Waals surface area (Å²) in [7, 11) is 1.63. The van der Waals surface area contributed by atoms with Gasteiger partial charge in [0.1, 0.15) is 17.6 Å². The zero-order valence-corrected chi connectivity index (χ0v) is 18.4. The van der Waals surface area contributed by atoms with E-state index in [0.29, 0.717) is 40.5 Å². The lowest BCUT2D eigenvalue weighted by Gasteiger charge is -2.59. The third kappa shape index (κ3) is 2.98. The molecule has 34 heavy (non-hydrogen) atoms. The number of aromatic nitrogens is 5. The van der Waals surface area contributed by atoms with Crippen LogP contribution in [-0.2, 0) is 0 Å². The van der Waals surface area contributed by atoms with Crippen molar-refractivity contribution in [2.45, 2.75) is 31.5 Å². The van der Waals surface area contributed by atoms with Gasteiger partial charge in [0.25, 0.3) is 0 Å². The van der Waals surface area contributed by atoms with Gasteiger partial charge in [0.05, 0.1) is 34.4 Å². The summed E-state index contributed by atoms with van der Waals surface area (Å²) < 4.78 is 35.3. The smallest absolute Gasteiger partial charge is 0.326 e. The van der Waals surface area contributed by atoms with E-state index in [-0.39, 0.29) is 35.1 Å². The molecule has 1 aromatic carbocycles. The van der Waals surface area contributed by atoms with Crippen molar-refractivity contribution in [3.8, 4) is 11.8 Å². The van der Waals surface area contributed by atoms with E-state index in [1.165, 1.54) is 12.4 Å². The molecule has 12 heteroatoms. The minimum Gasteiger partial charge on any atom is -0.421 e. The molecule has 2 aliphatic rings. The van der Waals surface area contributed by atoms with Crippen molar-refractivity contribution in [3.05, 3.63) is 35.9 Å². The zero-order valence-electron chi connectivity index (χ0n) is 18.4. The Morgan fingerprint density at radius 2 is 2.03 bits per heavy atom. The van der Waals surface area contributed by atoms with E-state index in [1.807, 2.05) is 4.90 Å². The van der Waals surface area contributed by atoms with Gasteiger partial charge in [0, 0.05) is 37.7 Å². The molecule has 4 heterocycles. The maximum Gasteiger partial charge on any atom is 0.326 e. The SMILES string of the molecule is CNc1cc(F)c(F)c2c1[nH]c1nc(Oc3cnc([C@@H](C)O)nc3)nc(N3C[C@H]4C3C[C@H]4N)c12. The van der Waals surface area contributed by atoms with Crippen molar-refractivity contribution in [2.75, 3.05) is 23.8 Å². The van der Waals surface area contributed by atoms with Gasteiger partial charge in [-0.2, -0.15) is 9.97 Å². The van der Waals surface area contributed by atoms with E-state index >= 15 is 4.39 Å². The molecule has 2 fully saturated rings. The molecular formula is C22H22F2N8O2. The lowest BCUT2D eigenvalue weighted by atomic mass is 9.67. The van der Waals surface area contributed by atoms with Crippen LogP contribution < -0.4 is 20.7 Å². The van der Waals surface area contributed by atoms with Crippen molar-refractivity contribution in [1.29, 1.82) is 0 Å². The monoisotopic (exact) mass is 468 g/mol. The van der Waals surface area contributed by atoms with E-state index in [1.54, 1.807) is 14.0 Å². The first-order valence-electron chi connectivity index (χ1n) is 10.9. The number of rotatable bonds is 5. The van der Waals surface area contributed by atoms with Crippen LogP contribution in [0.1, 0.15) is 25.3 Å².